The zero-order chi connectivity index (χ0) is 10.9. The van der Waals surface area contributed by atoms with Gasteiger partial charge >= 0.3 is 0 Å². The summed E-state index contributed by atoms with van der Waals surface area (Å²) < 4.78 is 1.23. The molecule has 0 saturated heterocycles. The Balaban J connectivity index is 2.05. The van der Waals surface area contributed by atoms with Gasteiger partial charge in [0.15, 0.2) is 0 Å². The predicted octanol–water partition coefficient (Wildman–Crippen LogP) is 2.08. The molecule has 0 heterocycles. The van der Waals surface area contributed by atoms with Crippen LogP contribution in [-0.4, -0.2) is 16.7 Å². The maximum Gasteiger partial charge on any atom is 0.0703 e. The van der Waals surface area contributed by atoms with E-state index >= 15 is 0 Å². The highest BCUT2D eigenvalue weighted by molar-refractivity contribution is 14.1. The Labute approximate surface area is 104 Å². The number of aliphatic hydroxyl groups is 1. The third-order valence-electron chi connectivity index (χ3n) is 3.07. The van der Waals surface area contributed by atoms with Crippen LogP contribution in [0.3, 0.4) is 0 Å². The lowest BCUT2D eigenvalue weighted by Crippen LogP contribution is -2.30. The van der Waals surface area contributed by atoms with Crippen LogP contribution in [0.25, 0.3) is 0 Å². The van der Waals surface area contributed by atoms with Gasteiger partial charge in [0.05, 0.1) is 5.60 Å². The summed E-state index contributed by atoms with van der Waals surface area (Å²) in [5.74, 6) is 0. The van der Waals surface area contributed by atoms with E-state index in [1.54, 1.807) is 0 Å². The molecule has 0 bridgehead atoms. The SMILES string of the molecule is NC1CCC(O)(Cc2ccc(I)cc2)C1. The minimum Gasteiger partial charge on any atom is -0.389 e. The molecule has 0 spiro atoms. The third-order valence-corrected chi connectivity index (χ3v) is 3.79. The van der Waals surface area contributed by atoms with Gasteiger partial charge in [-0.05, 0) is 59.5 Å². The Kier molecular flexibility index (Phi) is 3.33. The Morgan fingerprint density at radius 2 is 2.07 bits per heavy atom. The molecular formula is C12H16INO. The van der Waals surface area contributed by atoms with Crippen molar-refractivity contribution < 1.29 is 5.11 Å². The molecule has 1 aliphatic carbocycles. The summed E-state index contributed by atoms with van der Waals surface area (Å²) in [4.78, 5) is 0. The Bertz CT molecular complexity index is 338. The molecule has 15 heavy (non-hydrogen) atoms. The molecule has 1 fully saturated rings. The van der Waals surface area contributed by atoms with Crippen LogP contribution in [0.4, 0.5) is 0 Å². The van der Waals surface area contributed by atoms with Crippen molar-refractivity contribution in [2.75, 3.05) is 0 Å². The van der Waals surface area contributed by atoms with Crippen LogP contribution >= 0.6 is 22.6 Å². The van der Waals surface area contributed by atoms with Gasteiger partial charge in [0, 0.05) is 16.0 Å². The van der Waals surface area contributed by atoms with Gasteiger partial charge in [-0.15, -0.1) is 0 Å². The number of hydrogen-bond acceptors (Lipinski definition) is 2. The summed E-state index contributed by atoms with van der Waals surface area (Å²) in [6.45, 7) is 0. The minimum absolute atomic E-state index is 0.179. The first-order valence-corrected chi connectivity index (χ1v) is 6.38. The van der Waals surface area contributed by atoms with E-state index < -0.39 is 5.60 Å². The smallest absolute Gasteiger partial charge is 0.0703 e. The fraction of sp³-hybridized carbons (Fsp3) is 0.500. The molecule has 2 atom stereocenters. The highest BCUT2D eigenvalue weighted by Gasteiger charge is 2.35. The fourth-order valence-electron chi connectivity index (χ4n) is 2.29. The monoisotopic (exact) mass is 317 g/mol. The molecule has 3 N–H and O–H groups in total. The molecule has 0 aromatic heterocycles. The number of rotatable bonds is 2. The molecule has 1 aromatic rings. The van der Waals surface area contributed by atoms with E-state index in [2.05, 4.69) is 46.9 Å². The summed E-state index contributed by atoms with van der Waals surface area (Å²) in [5.41, 5.74) is 6.46. The molecule has 0 radical (unpaired) electrons. The van der Waals surface area contributed by atoms with E-state index in [1.165, 1.54) is 9.13 Å². The fourth-order valence-corrected chi connectivity index (χ4v) is 2.65. The van der Waals surface area contributed by atoms with Crippen LogP contribution < -0.4 is 5.73 Å². The lowest BCUT2D eigenvalue weighted by atomic mass is 9.93. The summed E-state index contributed by atoms with van der Waals surface area (Å²) in [5, 5.41) is 10.3. The summed E-state index contributed by atoms with van der Waals surface area (Å²) in [7, 11) is 0. The third kappa shape index (κ3) is 2.92. The van der Waals surface area contributed by atoms with Crippen molar-refractivity contribution in [1.82, 2.24) is 0 Å². The summed E-state index contributed by atoms with van der Waals surface area (Å²) >= 11 is 2.29. The molecule has 82 valence electrons. The predicted molar refractivity (Wildman–Crippen MR) is 69.6 cm³/mol. The first-order chi connectivity index (χ1) is 7.07. The van der Waals surface area contributed by atoms with Crippen molar-refractivity contribution in [1.29, 1.82) is 0 Å². The van der Waals surface area contributed by atoms with Crippen LogP contribution in [-0.2, 0) is 6.42 Å². The number of halogens is 1. The molecule has 3 heteroatoms. The lowest BCUT2D eigenvalue weighted by Gasteiger charge is -2.22. The van der Waals surface area contributed by atoms with Gasteiger partial charge in [0.2, 0.25) is 0 Å². The first kappa shape index (κ1) is 11.4. The Morgan fingerprint density at radius 3 is 2.60 bits per heavy atom. The van der Waals surface area contributed by atoms with Crippen molar-refractivity contribution in [3.05, 3.63) is 33.4 Å². The van der Waals surface area contributed by atoms with Gasteiger partial charge in [0.1, 0.15) is 0 Å². The number of benzene rings is 1. The second-order valence-corrected chi connectivity index (χ2v) is 5.78. The zero-order valence-corrected chi connectivity index (χ0v) is 10.8. The zero-order valence-electron chi connectivity index (χ0n) is 8.62. The number of hydrogen-bond donors (Lipinski definition) is 2. The molecular weight excluding hydrogens is 301 g/mol. The maximum absolute atomic E-state index is 10.3. The van der Waals surface area contributed by atoms with Crippen molar-refractivity contribution in [3.63, 3.8) is 0 Å². The highest BCUT2D eigenvalue weighted by Crippen LogP contribution is 2.32. The van der Waals surface area contributed by atoms with Gasteiger partial charge in [-0.3, -0.25) is 0 Å². The highest BCUT2D eigenvalue weighted by atomic mass is 127. The quantitative estimate of drug-likeness (QED) is 0.821. The van der Waals surface area contributed by atoms with Crippen molar-refractivity contribution >= 4 is 22.6 Å². The average Bonchev–Trinajstić information content (AvgIpc) is 2.50. The van der Waals surface area contributed by atoms with E-state index in [0.29, 0.717) is 0 Å². The van der Waals surface area contributed by atoms with Gasteiger partial charge < -0.3 is 10.8 Å². The van der Waals surface area contributed by atoms with Gasteiger partial charge in [0.25, 0.3) is 0 Å². The molecule has 0 aliphatic heterocycles. The van der Waals surface area contributed by atoms with Crippen molar-refractivity contribution in [3.8, 4) is 0 Å². The molecule has 2 nitrogen and oxygen atoms in total. The van der Waals surface area contributed by atoms with Gasteiger partial charge in [-0.1, -0.05) is 12.1 Å². The summed E-state index contributed by atoms with van der Waals surface area (Å²) in [6, 6.07) is 8.51. The normalized spacial score (nSPS) is 30.7. The molecule has 1 saturated carbocycles. The van der Waals surface area contributed by atoms with Crippen LogP contribution in [0.15, 0.2) is 24.3 Å². The van der Waals surface area contributed by atoms with E-state index in [4.69, 9.17) is 5.73 Å². The largest absolute Gasteiger partial charge is 0.389 e. The van der Waals surface area contributed by atoms with E-state index in [0.717, 1.165) is 25.7 Å². The lowest BCUT2D eigenvalue weighted by molar-refractivity contribution is 0.0468. The van der Waals surface area contributed by atoms with E-state index in [9.17, 15) is 5.11 Å². The van der Waals surface area contributed by atoms with Crippen molar-refractivity contribution in [2.24, 2.45) is 5.73 Å². The molecule has 2 unspecified atom stereocenters. The topological polar surface area (TPSA) is 46.2 Å². The minimum atomic E-state index is -0.563. The summed E-state index contributed by atoms with van der Waals surface area (Å²) in [6.07, 6.45) is 3.25. The molecule has 0 amide bonds. The molecule has 2 rings (SSSR count). The maximum atomic E-state index is 10.3. The van der Waals surface area contributed by atoms with Crippen LogP contribution in [0.1, 0.15) is 24.8 Å². The Hall–Kier alpha value is -0.130. The standard InChI is InChI=1S/C12H16INO/c13-10-3-1-9(2-4-10)7-12(15)6-5-11(14)8-12/h1-4,11,15H,5-8,14H2. The second-order valence-electron chi connectivity index (χ2n) is 4.53. The van der Waals surface area contributed by atoms with E-state index in [1.807, 2.05) is 0 Å². The van der Waals surface area contributed by atoms with Crippen LogP contribution in [0.5, 0.6) is 0 Å². The molecule has 1 aliphatic rings. The van der Waals surface area contributed by atoms with Crippen LogP contribution in [0.2, 0.25) is 0 Å². The molecule has 1 aromatic carbocycles. The Morgan fingerprint density at radius 1 is 1.40 bits per heavy atom. The first-order valence-electron chi connectivity index (χ1n) is 5.30. The van der Waals surface area contributed by atoms with Crippen LogP contribution in [0, 0.1) is 3.57 Å². The second kappa shape index (κ2) is 4.39. The van der Waals surface area contributed by atoms with E-state index in [-0.39, 0.29) is 6.04 Å². The number of nitrogens with two attached hydrogens (primary N) is 1. The van der Waals surface area contributed by atoms with Crippen molar-refractivity contribution in [2.45, 2.75) is 37.3 Å². The average molecular weight is 317 g/mol. The van der Waals surface area contributed by atoms with Gasteiger partial charge in [-0.2, -0.15) is 0 Å². The van der Waals surface area contributed by atoms with Gasteiger partial charge in [-0.25, -0.2) is 0 Å².